The molecular formula is C16H27N3O2S. The van der Waals surface area contributed by atoms with E-state index in [-0.39, 0.29) is 5.75 Å². The van der Waals surface area contributed by atoms with Crippen LogP contribution in [0.2, 0.25) is 0 Å². The summed E-state index contributed by atoms with van der Waals surface area (Å²) in [6, 6.07) is 8.49. The van der Waals surface area contributed by atoms with Gasteiger partial charge in [-0.25, -0.2) is 8.42 Å². The monoisotopic (exact) mass is 325 g/mol. The molecule has 6 heteroatoms. The summed E-state index contributed by atoms with van der Waals surface area (Å²) in [5, 5.41) is 3.05. The minimum Gasteiger partial charge on any atom is -0.370 e. The van der Waals surface area contributed by atoms with Gasteiger partial charge in [0.15, 0.2) is 15.8 Å². The average molecular weight is 325 g/mol. The lowest BCUT2D eigenvalue weighted by Gasteiger charge is -2.06. The average Bonchev–Trinajstić information content (AvgIpc) is 2.52. The van der Waals surface area contributed by atoms with Crippen LogP contribution in [0, 0.1) is 0 Å². The number of nitrogens with two attached hydrogens (primary N) is 1. The van der Waals surface area contributed by atoms with Crippen LogP contribution < -0.4 is 11.1 Å². The van der Waals surface area contributed by atoms with E-state index in [1.807, 2.05) is 0 Å². The number of guanidine groups is 1. The van der Waals surface area contributed by atoms with Crippen LogP contribution in [0.3, 0.4) is 0 Å². The second-order valence-electron chi connectivity index (χ2n) is 5.24. The molecular weight excluding hydrogens is 298 g/mol. The molecule has 0 aliphatic rings. The Kier molecular flexibility index (Phi) is 8.58. The number of nitrogens with one attached hydrogen (secondary N) is 1. The van der Waals surface area contributed by atoms with E-state index < -0.39 is 9.84 Å². The van der Waals surface area contributed by atoms with Gasteiger partial charge in [-0.2, -0.15) is 0 Å². The minimum atomic E-state index is -3.22. The zero-order chi connectivity index (χ0) is 16.3. The number of hydrogen-bond acceptors (Lipinski definition) is 3. The first-order chi connectivity index (χ1) is 10.6. The Hall–Kier alpha value is -1.56. The van der Waals surface area contributed by atoms with Crippen molar-refractivity contribution in [3.8, 4) is 0 Å². The maximum Gasteiger partial charge on any atom is 0.188 e. The third-order valence-electron chi connectivity index (χ3n) is 3.29. The van der Waals surface area contributed by atoms with Crippen LogP contribution >= 0.6 is 0 Å². The van der Waals surface area contributed by atoms with E-state index in [1.165, 1.54) is 19.3 Å². The number of hydrogen-bond donors (Lipinski definition) is 2. The van der Waals surface area contributed by atoms with Gasteiger partial charge in [-0.05, 0) is 25.0 Å². The van der Waals surface area contributed by atoms with Crippen molar-refractivity contribution in [2.45, 2.75) is 43.9 Å². The molecule has 1 rings (SSSR count). The molecule has 0 amide bonds. The smallest absolute Gasteiger partial charge is 0.188 e. The molecule has 0 spiro atoms. The predicted octanol–water partition coefficient (Wildman–Crippen LogP) is 2.33. The highest BCUT2D eigenvalue weighted by atomic mass is 32.2. The largest absolute Gasteiger partial charge is 0.370 e. The standard InChI is InChI=1S/C16H27N3O2S/c1-2-3-4-8-12-18-16(17)19-13-9-14-22(20,21)15-10-6-5-7-11-15/h5-7,10-11H,2-4,8-9,12-14H2,1H3,(H3,17,18,19). The summed E-state index contributed by atoms with van der Waals surface area (Å²) in [5.74, 6) is 0.484. The Labute approximate surface area is 133 Å². The molecule has 124 valence electrons. The van der Waals surface area contributed by atoms with Crippen LogP contribution in [0.5, 0.6) is 0 Å². The predicted molar refractivity (Wildman–Crippen MR) is 91.7 cm³/mol. The van der Waals surface area contributed by atoms with Crippen molar-refractivity contribution in [3.63, 3.8) is 0 Å². The number of unbranched alkanes of at least 4 members (excludes halogenated alkanes) is 3. The molecule has 0 saturated heterocycles. The Balaban J connectivity index is 2.25. The van der Waals surface area contributed by atoms with Crippen LogP contribution in [0.25, 0.3) is 0 Å². The summed E-state index contributed by atoms with van der Waals surface area (Å²) < 4.78 is 24.1. The molecule has 1 aromatic rings. The van der Waals surface area contributed by atoms with Crippen molar-refractivity contribution in [1.82, 2.24) is 5.32 Å². The fourth-order valence-corrected chi connectivity index (χ4v) is 3.34. The normalized spacial score (nSPS) is 12.3. The molecule has 3 N–H and O–H groups in total. The maximum absolute atomic E-state index is 12.1. The van der Waals surface area contributed by atoms with Gasteiger partial charge in [0.2, 0.25) is 0 Å². The third kappa shape index (κ3) is 7.45. The van der Waals surface area contributed by atoms with E-state index in [1.54, 1.807) is 30.3 Å². The van der Waals surface area contributed by atoms with Gasteiger partial charge in [0.1, 0.15) is 0 Å². The Morgan fingerprint density at radius 3 is 2.55 bits per heavy atom. The lowest BCUT2D eigenvalue weighted by atomic mass is 10.2. The highest BCUT2D eigenvalue weighted by Crippen LogP contribution is 2.10. The summed E-state index contributed by atoms with van der Waals surface area (Å²) in [7, 11) is -3.22. The fourth-order valence-electron chi connectivity index (χ4n) is 2.02. The van der Waals surface area contributed by atoms with Crippen LogP contribution in [0.15, 0.2) is 40.2 Å². The highest BCUT2D eigenvalue weighted by Gasteiger charge is 2.12. The van der Waals surface area contributed by atoms with E-state index >= 15 is 0 Å². The molecule has 0 unspecified atom stereocenters. The third-order valence-corrected chi connectivity index (χ3v) is 5.11. The highest BCUT2D eigenvalue weighted by molar-refractivity contribution is 7.91. The number of nitrogens with zero attached hydrogens (tertiary/aromatic N) is 1. The molecule has 0 atom stereocenters. The first-order valence-corrected chi connectivity index (χ1v) is 9.53. The molecule has 0 bridgehead atoms. The molecule has 0 radical (unpaired) electrons. The van der Waals surface area contributed by atoms with Crippen molar-refractivity contribution in [2.75, 3.05) is 18.8 Å². The molecule has 22 heavy (non-hydrogen) atoms. The number of benzene rings is 1. The SMILES string of the molecule is CCCCCCNC(N)=NCCCS(=O)(=O)c1ccccc1. The van der Waals surface area contributed by atoms with E-state index in [0.717, 1.165) is 13.0 Å². The summed E-state index contributed by atoms with van der Waals surface area (Å²) in [5.41, 5.74) is 5.74. The molecule has 0 fully saturated rings. The Morgan fingerprint density at radius 1 is 1.14 bits per heavy atom. The Bertz CT molecular complexity index is 542. The van der Waals surface area contributed by atoms with Gasteiger partial charge >= 0.3 is 0 Å². The molecule has 0 saturated carbocycles. The maximum atomic E-state index is 12.1. The van der Waals surface area contributed by atoms with Crippen LogP contribution in [0.4, 0.5) is 0 Å². The van der Waals surface area contributed by atoms with Gasteiger partial charge in [0.25, 0.3) is 0 Å². The van der Waals surface area contributed by atoms with E-state index in [2.05, 4.69) is 17.2 Å². The molecule has 0 aromatic heterocycles. The van der Waals surface area contributed by atoms with Gasteiger partial charge in [-0.1, -0.05) is 44.4 Å². The number of aliphatic imine (C=N–C) groups is 1. The van der Waals surface area contributed by atoms with E-state index in [4.69, 9.17) is 5.73 Å². The minimum absolute atomic E-state index is 0.0876. The Morgan fingerprint density at radius 2 is 1.86 bits per heavy atom. The van der Waals surface area contributed by atoms with Crippen LogP contribution in [-0.4, -0.2) is 33.2 Å². The van der Waals surface area contributed by atoms with Gasteiger partial charge < -0.3 is 11.1 Å². The van der Waals surface area contributed by atoms with Gasteiger partial charge in [-0.15, -0.1) is 0 Å². The van der Waals surface area contributed by atoms with Crippen molar-refractivity contribution in [1.29, 1.82) is 0 Å². The molecule has 1 aromatic carbocycles. The summed E-state index contributed by atoms with van der Waals surface area (Å²) in [6.07, 6.45) is 5.17. The molecule has 5 nitrogen and oxygen atoms in total. The van der Waals surface area contributed by atoms with Gasteiger partial charge in [-0.3, -0.25) is 4.99 Å². The zero-order valence-corrected chi connectivity index (χ0v) is 14.1. The lowest BCUT2D eigenvalue weighted by Crippen LogP contribution is -2.32. The van der Waals surface area contributed by atoms with Crippen LogP contribution in [0.1, 0.15) is 39.0 Å². The van der Waals surface area contributed by atoms with E-state index in [9.17, 15) is 8.42 Å². The van der Waals surface area contributed by atoms with E-state index in [0.29, 0.717) is 23.8 Å². The second kappa shape index (κ2) is 10.2. The summed E-state index contributed by atoms with van der Waals surface area (Å²) in [6.45, 7) is 3.41. The van der Waals surface area contributed by atoms with Crippen molar-refractivity contribution >= 4 is 15.8 Å². The summed E-state index contributed by atoms with van der Waals surface area (Å²) >= 11 is 0. The van der Waals surface area contributed by atoms with Gasteiger partial charge in [0.05, 0.1) is 10.6 Å². The lowest BCUT2D eigenvalue weighted by molar-refractivity contribution is 0.593. The number of sulfone groups is 1. The van der Waals surface area contributed by atoms with Crippen molar-refractivity contribution in [2.24, 2.45) is 10.7 Å². The quantitative estimate of drug-likeness (QED) is 0.393. The fraction of sp³-hybridized carbons (Fsp3) is 0.562. The first-order valence-electron chi connectivity index (χ1n) is 7.88. The molecule has 0 aliphatic heterocycles. The zero-order valence-electron chi connectivity index (χ0n) is 13.3. The number of rotatable bonds is 10. The topological polar surface area (TPSA) is 84.5 Å². The second-order valence-corrected chi connectivity index (χ2v) is 7.35. The molecule has 0 aliphatic carbocycles. The van der Waals surface area contributed by atoms with Crippen LogP contribution in [-0.2, 0) is 9.84 Å². The molecule has 0 heterocycles. The summed E-state index contributed by atoms with van der Waals surface area (Å²) in [4.78, 5) is 4.52. The van der Waals surface area contributed by atoms with Crippen molar-refractivity contribution < 1.29 is 8.42 Å². The van der Waals surface area contributed by atoms with Crippen molar-refractivity contribution in [3.05, 3.63) is 30.3 Å². The first kappa shape index (κ1) is 18.5. The van der Waals surface area contributed by atoms with Gasteiger partial charge in [0, 0.05) is 13.1 Å².